The van der Waals surface area contributed by atoms with Crippen molar-refractivity contribution in [1.82, 2.24) is 14.7 Å². The molecule has 3 aromatic rings. The van der Waals surface area contributed by atoms with E-state index in [1.54, 1.807) is 29.8 Å². The van der Waals surface area contributed by atoms with Crippen molar-refractivity contribution < 1.29 is 14.5 Å². The fourth-order valence-electron chi connectivity index (χ4n) is 3.78. The summed E-state index contributed by atoms with van der Waals surface area (Å²) in [4.78, 5) is 38.8. The van der Waals surface area contributed by atoms with E-state index in [1.165, 1.54) is 23.1 Å². The number of nitro benzene ring substituents is 1. The standard InChI is InChI=1S/C27H32ClN5O4/c1-17(2)15-31(26(35)19-12-11-18(3)22(13-19)33(36)37)16-25(34)29-24-14-23(27(4,5)6)30-32(24)21-10-8-7-9-20(21)28/h7-14,17H,15-16H2,1-6H3,(H,29,34). The van der Waals surface area contributed by atoms with Crippen LogP contribution in [0.25, 0.3) is 5.69 Å². The van der Waals surface area contributed by atoms with Crippen LogP contribution in [0, 0.1) is 23.0 Å². The monoisotopic (exact) mass is 525 g/mol. The number of rotatable bonds is 8. The highest BCUT2D eigenvalue weighted by Gasteiger charge is 2.25. The lowest BCUT2D eigenvalue weighted by atomic mass is 9.92. The van der Waals surface area contributed by atoms with E-state index in [-0.39, 0.29) is 29.1 Å². The van der Waals surface area contributed by atoms with Crippen LogP contribution in [0.4, 0.5) is 11.5 Å². The molecule has 2 amide bonds. The van der Waals surface area contributed by atoms with Gasteiger partial charge in [-0.25, -0.2) is 4.68 Å². The summed E-state index contributed by atoms with van der Waals surface area (Å²) in [6.45, 7) is 11.6. The molecule has 0 atom stereocenters. The third-order valence-electron chi connectivity index (χ3n) is 5.69. The number of carbonyl (C=O) groups is 2. The molecular formula is C27H32ClN5O4. The molecule has 2 aromatic carbocycles. The lowest BCUT2D eigenvalue weighted by Gasteiger charge is -2.24. The van der Waals surface area contributed by atoms with Gasteiger partial charge in [0.1, 0.15) is 12.4 Å². The summed E-state index contributed by atoms with van der Waals surface area (Å²) in [5.74, 6) is -0.393. The molecule has 196 valence electrons. The molecule has 0 aliphatic carbocycles. The molecule has 0 fully saturated rings. The number of halogens is 1. The Labute approximate surface area is 221 Å². The molecule has 1 aromatic heterocycles. The van der Waals surface area contributed by atoms with Crippen molar-refractivity contribution in [2.75, 3.05) is 18.4 Å². The highest BCUT2D eigenvalue weighted by molar-refractivity contribution is 6.32. The minimum absolute atomic E-state index is 0.0679. The number of para-hydroxylation sites is 1. The Morgan fingerprint density at radius 3 is 2.43 bits per heavy atom. The number of anilines is 1. The van der Waals surface area contributed by atoms with Crippen LogP contribution in [0.3, 0.4) is 0 Å². The summed E-state index contributed by atoms with van der Waals surface area (Å²) < 4.78 is 1.58. The van der Waals surface area contributed by atoms with Gasteiger partial charge in [-0.05, 0) is 31.0 Å². The molecule has 1 heterocycles. The quantitative estimate of drug-likeness (QED) is 0.296. The lowest BCUT2D eigenvalue weighted by molar-refractivity contribution is -0.385. The minimum atomic E-state index is -0.520. The average Bonchev–Trinajstić information content (AvgIpc) is 3.22. The van der Waals surface area contributed by atoms with Gasteiger partial charge in [0.05, 0.1) is 21.3 Å². The maximum atomic E-state index is 13.3. The van der Waals surface area contributed by atoms with Gasteiger partial charge in [0.2, 0.25) is 5.91 Å². The SMILES string of the molecule is Cc1ccc(C(=O)N(CC(=O)Nc2cc(C(C)(C)C)nn2-c2ccccc2Cl)CC(C)C)cc1[N+](=O)[O-]. The van der Waals surface area contributed by atoms with E-state index in [9.17, 15) is 19.7 Å². The predicted molar refractivity (Wildman–Crippen MR) is 144 cm³/mol. The average molecular weight is 526 g/mol. The number of hydrogen-bond donors (Lipinski definition) is 1. The van der Waals surface area contributed by atoms with Crippen LogP contribution in [0.5, 0.6) is 0 Å². The smallest absolute Gasteiger partial charge is 0.273 e. The molecule has 0 bridgehead atoms. The van der Waals surface area contributed by atoms with Crippen LogP contribution < -0.4 is 5.32 Å². The molecule has 0 saturated carbocycles. The van der Waals surface area contributed by atoms with Gasteiger partial charge in [-0.2, -0.15) is 5.10 Å². The van der Waals surface area contributed by atoms with E-state index in [0.717, 1.165) is 5.69 Å². The van der Waals surface area contributed by atoms with Crippen molar-refractivity contribution in [2.24, 2.45) is 5.92 Å². The Morgan fingerprint density at radius 1 is 1.16 bits per heavy atom. The van der Waals surface area contributed by atoms with Gasteiger partial charge in [0.15, 0.2) is 0 Å². The molecule has 0 radical (unpaired) electrons. The van der Waals surface area contributed by atoms with Crippen LogP contribution in [-0.4, -0.2) is 44.5 Å². The first kappa shape index (κ1) is 27.9. The molecule has 1 N–H and O–H groups in total. The van der Waals surface area contributed by atoms with E-state index in [1.807, 2.05) is 46.8 Å². The number of carbonyl (C=O) groups excluding carboxylic acids is 2. The number of nitrogens with zero attached hydrogens (tertiary/aromatic N) is 4. The summed E-state index contributed by atoms with van der Waals surface area (Å²) >= 11 is 6.41. The molecule has 3 rings (SSSR count). The van der Waals surface area contributed by atoms with Crippen LogP contribution in [0.1, 0.15) is 56.2 Å². The van der Waals surface area contributed by atoms with Gasteiger partial charge in [-0.1, -0.05) is 64.4 Å². The van der Waals surface area contributed by atoms with Gasteiger partial charge in [-0.15, -0.1) is 0 Å². The second-order valence-electron chi connectivity index (χ2n) is 10.4. The van der Waals surface area contributed by atoms with E-state index in [2.05, 4.69) is 10.4 Å². The molecule has 0 aliphatic rings. The summed E-state index contributed by atoms with van der Waals surface area (Å²) in [5.41, 5.74) is 1.55. The van der Waals surface area contributed by atoms with Crippen LogP contribution in [0.2, 0.25) is 5.02 Å². The highest BCUT2D eigenvalue weighted by Crippen LogP contribution is 2.29. The molecule has 0 unspecified atom stereocenters. The Kier molecular flexibility index (Phi) is 8.38. The third-order valence-corrected chi connectivity index (χ3v) is 6.01. The molecular weight excluding hydrogens is 494 g/mol. The molecule has 37 heavy (non-hydrogen) atoms. The van der Waals surface area contributed by atoms with Crippen molar-refractivity contribution in [3.63, 3.8) is 0 Å². The third kappa shape index (κ3) is 6.74. The van der Waals surface area contributed by atoms with Gasteiger partial charge in [-0.3, -0.25) is 19.7 Å². The molecule has 0 spiro atoms. The number of nitrogens with one attached hydrogen (secondary N) is 1. The summed E-state index contributed by atoms with van der Waals surface area (Å²) in [6.07, 6.45) is 0. The predicted octanol–water partition coefficient (Wildman–Crippen LogP) is 5.78. The van der Waals surface area contributed by atoms with Crippen molar-refractivity contribution >= 4 is 34.9 Å². The van der Waals surface area contributed by atoms with Crippen LogP contribution in [0.15, 0.2) is 48.5 Å². The first-order valence-corrected chi connectivity index (χ1v) is 12.4. The van der Waals surface area contributed by atoms with Crippen molar-refractivity contribution in [3.8, 4) is 5.69 Å². The Hall–Kier alpha value is -3.72. The van der Waals surface area contributed by atoms with E-state index >= 15 is 0 Å². The van der Waals surface area contributed by atoms with Gasteiger partial charge in [0, 0.05) is 35.2 Å². The minimum Gasteiger partial charge on any atom is -0.329 e. The second-order valence-corrected chi connectivity index (χ2v) is 10.8. The van der Waals surface area contributed by atoms with Crippen molar-refractivity contribution in [3.05, 3.63) is 80.5 Å². The van der Waals surface area contributed by atoms with Gasteiger partial charge >= 0.3 is 0 Å². The second kappa shape index (κ2) is 11.1. The van der Waals surface area contributed by atoms with Crippen molar-refractivity contribution in [2.45, 2.75) is 47.0 Å². The molecule has 0 saturated heterocycles. The first-order valence-electron chi connectivity index (χ1n) is 12.0. The fourth-order valence-corrected chi connectivity index (χ4v) is 4.00. The number of aryl methyl sites for hydroxylation is 1. The molecule has 0 aliphatic heterocycles. The lowest BCUT2D eigenvalue weighted by Crippen LogP contribution is -2.40. The number of aromatic nitrogens is 2. The fraction of sp³-hybridized carbons (Fsp3) is 0.370. The maximum Gasteiger partial charge on any atom is 0.273 e. The highest BCUT2D eigenvalue weighted by atomic mass is 35.5. The number of amides is 2. The van der Waals surface area contributed by atoms with Crippen LogP contribution >= 0.6 is 11.6 Å². The summed E-state index contributed by atoms with van der Waals surface area (Å²) in [5, 5.41) is 19.4. The molecule has 10 heteroatoms. The van der Waals surface area contributed by atoms with Crippen LogP contribution in [-0.2, 0) is 10.2 Å². The Balaban J connectivity index is 1.91. The zero-order valence-electron chi connectivity index (χ0n) is 21.9. The Morgan fingerprint density at radius 2 is 1.84 bits per heavy atom. The first-order chi connectivity index (χ1) is 17.3. The zero-order valence-corrected chi connectivity index (χ0v) is 22.7. The van der Waals surface area contributed by atoms with Crippen molar-refractivity contribution in [1.29, 1.82) is 0 Å². The topological polar surface area (TPSA) is 110 Å². The maximum absolute atomic E-state index is 13.3. The number of hydrogen-bond acceptors (Lipinski definition) is 5. The normalized spacial score (nSPS) is 11.5. The van der Waals surface area contributed by atoms with Gasteiger partial charge < -0.3 is 10.2 Å². The van der Waals surface area contributed by atoms with E-state index < -0.39 is 16.7 Å². The largest absolute Gasteiger partial charge is 0.329 e. The van der Waals surface area contributed by atoms with E-state index in [4.69, 9.17) is 11.6 Å². The summed E-state index contributed by atoms with van der Waals surface area (Å²) in [7, 11) is 0. The number of nitro groups is 1. The Bertz CT molecular complexity index is 1330. The van der Waals surface area contributed by atoms with E-state index in [0.29, 0.717) is 28.6 Å². The zero-order chi connectivity index (χ0) is 27.5. The molecule has 9 nitrogen and oxygen atoms in total. The number of benzene rings is 2. The van der Waals surface area contributed by atoms with Gasteiger partial charge in [0.25, 0.3) is 11.6 Å². The summed E-state index contributed by atoms with van der Waals surface area (Å²) in [6, 6.07) is 13.3.